The standard InChI is InChI=1S/C11H12N2/c12-10-6-9(10)8-2-1-7-3-4-13-11(7)5-8/h1-5,9-10,13H,6,12H2/t9-,10+/m0/s1. The topological polar surface area (TPSA) is 41.8 Å². The first-order valence-electron chi connectivity index (χ1n) is 4.67. The summed E-state index contributed by atoms with van der Waals surface area (Å²) >= 11 is 0. The third-order valence-electron chi connectivity index (χ3n) is 2.85. The summed E-state index contributed by atoms with van der Waals surface area (Å²) in [4.78, 5) is 3.22. The van der Waals surface area contributed by atoms with Gasteiger partial charge in [-0.25, -0.2) is 0 Å². The monoisotopic (exact) mass is 172 g/mol. The number of H-pyrrole nitrogens is 1. The molecule has 2 heteroatoms. The van der Waals surface area contributed by atoms with Crippen molar-refractivity contribution in [2.24, 2.45) is 5.73 Å². The Kier molecular flexibility index (Phi) is 1.30. The molecule has 3 N–H and O–H groups in total. The van der Waals surface area contributed by atoms with E-state index in [0.29, 0.717) is 12.0 Å². The van der Waals surface area contributed by atoms with Crippen LogP contribution in [0.25, 0.3) is 10.9 Å². The zero-order valence-electron chi connectivity index (χ0n) is 7.33. The van der Waals surface area contributed by atoms with Crippen LogP contribution in [-0.2, 0) is 0 Å². The van der Waals surface area contributed by atoms with E-state index in [1.54, 1.807) is 0 Å². The third kappa shape index (κ3) is 1.06. The van der Waals surface area contributed by atoms with Crippen molar-refractivity contribution in [3.05, 3.63) is 36.0 Å². The van der Waals surface area contributed by atoms with Gasteiger partial charge in [-0.1, -0.05) is 12.1 Å². The number of aromatic nitrogens is 1. The molecule has 0 spiro atoms. The van der Waals surface area contributed by atoms with Gasteiger partial charge in [0.05, 0.1) is 0 Å². The number of benzene rings is 1. The lowest BCUT2D eigenvalue weighted by atomic mass is 10.1. The van der Waals surface area contributed by atoms with Crippen LogP contribution < -0.4 is 5.73 Å². The molecule has 0 bridgehead atoms. The molecule has 0 amide bonds. The summed E-state index contributed by atoms with van der Waals surface area (Å²) in [6, 6.07) is 9.05. The van der Waals surface area contributed by atoms with Crippen molar-refractivity contribution < 1.29 is 0 Å². The number of rotatable bonds is 1. The van der Waals surface area contributed by atoms with Crippen LogP contribution in [0.15, 0.2) is 30.5 Å². The van der Waals surface area contributed by atoms with E-state index < -0.39 is 0 Å². The minimum absolute atomic E-state index is 0.396. The van der Waals surface area contributed by atoms with E-state index in [1.165, 1.54) is 16.5 Å². The van der Waals surface area contributed by atoms with Gasteiger partial charge in [-0.15, -0.1) is 0 Å². The highest BCUT2D eigenvalue weighted by atomic mass is 14.7. The van der Waals surface area contributed by atoms with Crippen molar-refractivity contribution in [2.45, 2.75) is 18.4 Å². The maximum Gasteiger partial charge on any atom is 0.0456 e. The number of aromatic amines is 1. The molecule has 1 fully saturated rings. The molecule has 0 saturated heterocycles. The highest BCUT2D eigenvalue weighted by molar-refractivity contribution is 5.80. The van der Waals surface area contributed by atoms with Gasteiger partial charge in [-0.05, 0) is 29.5 Å². The number of hydrogen-bond donors (Lipinski definition) is 2. The first-order chi connectivity index (χ1) is 6.34. The maximum atomic E-state index is 5.81. The Balaban J connectivity index is 2.10. The fourth-order valence-corrected chi connectivity index (χ4v) is 1.89. The molecule has 2 nitrogen and oxygen atoms in total. The average Bonchev–Trinajstić information content (AvgIpc) is 2.70. The van der Waals surface area contributed by atoms with Crippen molar-refractivity contribution in [1.82, 2.24) is 4.98 Å². The Bertz CT molecular complexity index is 444. The maximum absolute atomic E-state index is 5.81. The van der Waals surface area contributed by atoms with E-state index in [4.69, 9.17) is 5.73 Å². The van der Waals surface area contributed by atoms with Gasteiger partial charge < -0.3 is 10.7 Å². The molecule has 1 aromatic heterocycles. The van der Waals surface area contributed by atoms with E-state index in [9.17, 15) is 0 Å². The zero-order chi connectivity index (χ0) is 8.84. The van der Waals surface area contributed by atoms with Gasteiger partial charge in [0.25, 0.3) is 0 Å². The molecule has 1 aliphatic rings. The van der Waals surface area contributed by atoms with Crippen LogP contribution in [0.2, 0.25) is 0 Å². The van der Waals surface area contributed by atoms with Crippen LogP contribution in [0, 0.1) is 0 Å². The largest absolute Gasteiger partial charge is 0.361 e. The first-order valence-corrected chi connectivity index (χ1v) is 4.67. The van der Waals surface area contributed by atoms with E-state index in [-0.39, 0.29) is 0 Å². The van der Waals surface area contributed by atoms with E-state index in [2.05, 4.69) is 29.2 Å². The van der Waals surface area contributed by atoms with Gasteiger partial charge in [0, 0.05) is 23.7 Å². The Morgan fingerprint density at radius 3 is 2.92 bits per heavy atom. The van der Waals surface area contributed by atoms with Crippen LogP contribution in [-0.4, -0.2) is 11.0 Å². The van der Waals surface area contributed by atoms with Gasteiger partial charge in [0.15, 0.2) is 0 Å². The second-order valence-corrected chi connectivity index (χ2v) is 3.83. The number of nitrogens with two attached hydrogens (primary N) is 1. The summed E-state index contributed by atoms with van der Waals surface area (Å²) in [6.45, 7) is 0. The van der Waals surface area contributed by atoms with E-state index in [0.717, 1.165) is 6.42 Å². The Hall–Kier alpha value is -1.28. The highest BCUT2D eigenvalue weighted by Crippen LogP contribution is 2.39. The summed E-state index contributed by atoms with van der Waals surface area (Å²) in [5.74, 6) is 0.604. The molecule has 1 saturated carbocycles. The Morgan fingerprint density at radius 1 is 1.31 bits per heavy atom. The van der Waals surface area contributed by atoms with E-state index in [1.807, 2.05) is 6.20 Å². The van der Waals surface area contributed by atoms with Crippen molar-refractivity contribution >= 4 is 10.9 Å². The van der Waals surface area contributed by atoms with Crippen LogP contribution >= 0.6 is 0 Å². The second-order valence-electron chi connectivity index (χ2n) is 3.83. The summed E-state index contributed by atoms with van der Waals surface area (Å²) in [5.41, 5.74) is 8.40. The van der Waals surface area contributed by atoms with Crippen LogP contribution in [0.4, 0.5) is 0 Å². The molecule has 0 aliphatic heterocycles. The van der Waals surface area contributed by atoms with Crippen molar-refractivity contribution in [3.63, 3.8) is 0 Å². The van der Waals surface area contributed by atoms with Crippen LogP contribution in [0.1, 0.15) is 17.9 Å². The lowest BCUT2D eigenvalue weighted by Gasteiger charge is -1.98. The highest BCUT2D eigenvalue weighted by Gasteiger charge is 2.34. The average molecular weight is 172 g/mol. The lowest BCUT2D eigenvalue weighted by molar-refractivity contribution is 0.992. The first kappa shape index (κ1) is 7.15. The van der Waals surface area contributed by atoms with Gasteiger partial charge in [-0.2, -0.15) is 0 Å². The molecule has 13 heavy (non-hydrogen) atoms. The molecule has 2 atom stereocenters. The summed E-state index contributed by atoms with van der Waals surface area (Å²) in [6.07, 6.45) is 3.12. The molecular weight excluding hydrogens is 160 g/mol. The van der Waals surface area contributed by atoms with Gasteiger partial charge >= 0.3 is 0 Å². The van der Waals surface area contributed by atoms with Crippen molar-refractivity contribution in [3.8, 4) is 0 Å². The Labute approximate surface area is 76.8 Å². The Morgan fingerprint density at radius 2 is 2.15 bits per heavy atom. The van der Waals surface area contributed by atoms with Crippen molar-refractivity contribution in [1.29, 1.82) is 0 Å². The van der Waals surface area contributed by atoms with Gasteiger partial charge in [-0.3, -0.25) is 0 Å². The van der Waals surface area contributed by atoms with Crippen molar-refractivity contribution in [2.75, 3.05) is 0 Å². The minimum atomic E-state index is 0.396. The quantitative estimate of drug-likeness (QED) is 0.678. The molecule has 66 valence electrons. The predicted octanol–water partition coefficient (Wildman–Crippen LogP) is 1.98. The summed E-state index contributed by atoms with van der Waals surface area (Å²) < 4.78 is 0. The van der Waals surface area contributed by atoms with Crippen LogP contribution in [0.3, 0.4) is 0 Å². The third-order valence-corrected chi connectivity index (χ3v) is 2.85. The van der Waals surface area contributed by atoms with Gasteiger partial charge in [0.2, 0.25) is 0 Å². The molecule has 3 rings (SSSR count). The number of hydrogen-bond acceptors (Lipinski definition) is 1. The fraction of sp³-hybridized carbons (Fsp3) is 0.273. The number of nitrogens with one attached hydrogen (secondary N) is 1. The fourth-order valence-electron chi connectivity index (χ4n) is 1.89. The SMILES string of the molecule is N[C@@H]1C[C@H]1c1ccc2cc[nH]c2c1. The molecule has 2 aromatic rings. The lowest BCUT2D eigenvalue weighted by Crippen LogP contribution is -2.00. The normalized spacial score (nSPS) is 26.5. The number of fused-ring (bicyclic) bond motifs is 1. The zero-order valence-corrected chi connectivity index (χ0v) is 7.33. The smallest absolute Gasteiger partial charge is 0.0456 e. The molecule has 0 unspecified atom stereocenters. The second kappa shape index (κ2) is 2.36. The summed E-state index contributed by atoms with van der Waals surface area (Å²) in [7, 11) is 0. The minimum Gasteiger partial charge on any atom is -0.361 e. The van der Waals surface area contributed by atoms with E-state index >= 15 is 0 Å². The predicted molar refractivity (Wildman–Crippen MR) is 53.6 cm³/mol. The molecular formula is C11H12N2. The molecule has 1 heterocycles. The summed E-state index contributed by atoms with van der Waals surface area (Å²) in [5, 5.41) is 1.28. The van der Waals surface area contributed by atoms with Crippen LogP contribution in [0.5, 0.6) is 0 Å². The van der Waals surface area contributed by atoms with Gasteiger partial charge in [0.1, 0.15) is 0 Å². The molecule has 0 radical (unpaired) electrons. The molecule has 1 aliphatic carbocycles. The molecule has 1 aromatic carbocycles.